The van der Waals surface area contributed by atoms with E-state index in [1.54, 1.807) is 0 Å². The lowest BCUT2D eigenvalue weighted by Gasteiger charge is -2.16. The van der Waals surface area contributed by atoms with Crippen LogP contribution in [0.25, 0.3) is 0 Å². The summed E-state index contributed by atoms with van der Waals surface area (Å²) in [6, 6.07) is 11.5. The summed E-state index contributed by atoms with van der Waals surface area (Å²) in [7, 11) is 0. The summed E-state index contributed by atoms with van der Waals surface area (Å²) in [5.41, 5.74) is 1.39. The van der Waals surface area contributed by atoms with Gasteiger partial charge in [-0.05, 0) is 25.3 Å². The first-order valence-corrected chi connectivity index (χ1v) is 6.56. The van der Waals surface area contributed by atoms with Crippen molar-refractivity contribution in [2.24, 2.45) is 0 Å². The summed E-state index contributed by atoms with van der Waals surface area (Å²) < 4.78 is 5.66. The molecule has 1 aromatic rings. The molecule has 0 saturated heterocycles. The lowest BCUT2D eigenvalue weighted by atomic mass is 10.1. The maximum Gasteiger partial charge on any atom is 0.0616 e. The van der Waals surface area contributed by atoms with Crippen molar-refractivity contribution >= 4 is 0 Å². The largest absolute Gasteiger partial charge is 0.380 e. The number of nitrogens with one attached hydrogen (secondary N) is 1. The van der Waals surface area contributed by atoms with Gasteiger partial charge in [0.25, 0.3) is 0 Å². The van der Waals surface area contributed by atoms with Gasteiger partial charge in [-0.2, -0.15) is 0 Å². The topological polar surface area (TPSA) is 21.3 Å². The van der Waals surface area contributed by atoms with E-state index in [4.69, 9.17) is 4.74 Å². The van der Waals surface area contributed by atoms with Crippen LogP contribution in [0.1, 0.15) is 32.8 Å². The fourth-order valence-electron chi connectivity index (χ4n) is 1.90. The van der Waals surface area contributed by atoms with Crippen LogP contribution >= 0.6 is 0 Å². The van der Waals surface area contributed by atoms with Gasteiger partial charge < -0.3 is 10.1 Å². The number of hydrogen-bond donors (Lipinski definition) is 1. The van der Waals surface area contributed by atoms with Crippen LogP contribution in [0.2, 0.25) is 0 Å². The van der Waals surface area contributed by atoms with Crippen LogP contribution in [0, 0.1) is 0 Å². The van der Waals surface area contributed by atoms with E-state index in [0.29, 0.717) is 12.1 Å². The van der Waals surface area contributed by atoms with Crippen molar-refractivity contribution < 1.29 is 4.74 Å². The Morgan fingerprint density at radius 2 is 1.82 bits per heavy atom. The molecule has 0 aliphatic heterocycles. The van der Waals surface area contributed by atoms with Gasteiger partial charge in [0, 0.05) is 18.7 Å². The number of ether oxygens (including phenoxy) is 1. The second-order valence-corrected chi connectivity index (χ2v) is 4.89. The molecule has 0 aliphatic rings. The molecule has 0 bridgehead atoms. The van der Waals surface area contributed by atoms with Gasteiger partial charge in [-0.15, -0.1) is 0 Å². The van der Waals surface area contributed by atoms with Crippen molar-refractivity contribution in [2.45, 2.75) is 45.7 Å². The molecule has 0 unspecified atom stereocenters. The molecule has 0 aromatic heterocycles. The van der Waals surface area contributed by atoms with Crippen molar-refractivity contribution in [1.29, 1.82) is 0 Å². The summed E-state index contributed by atoms with van der Waals surface area (Å²) in [5, 5.41) is 3.43. The summed E-state index contributed by atoms with van der Waals surface area (Å²) in [5.74, 6) is 0. The van der Waals surface area contributed by atoms with Gasteiger partial charge in [-0.25, -0.2) is 0 Å². The minimum atomic E-state index is 0.437. The average molecular weight is 235 g/mol. The highest BCUT2D eigenvalue weighted by molar-refractivity contribution is 5.14. The van der Waals surface area contributed by atoms with Crippen LogP contribution in [0.3, 0.4) is 0 Å². The van der Waals surface area contributed by atoms with E-state index in [1.807, 2.05) is 0 Å². The first-order chi connectivity index (χ1) is 8.18. The highest BCUT2D eigenvalue weighted by Crippen LogP contribution is 2.02. The Balaban J connectivity index is 2.01. The summed E-state index contributed by atoms with van der Waals surface area (Å²) >= 11 is 0. The van der Waals surface area contributed by atoms with Gasteiger partial charge >= 0.3 is 0 Å². The third kappa shape index (κ3) is 7.14. The van der Waals surface area contributed by atoms with Gasteiger partial charge in [0.1, 0.15) is 0 Å². The van der Waals surface area contributed by atoms with E-state index >= 15 is 0 Å². The molecule has 1 rings (SSSR count). The second-order valence-electron chi connectivity index (χ2n) is 4.89. The van der Waals surface area contributed by atoms with Crippen LogP contribution in [-0.2, 0) is 11.2 Å². The molecule has 17 heavy (non-hydrogen) atoms. The highest BCUT2D eigenvalue weighted by Gasteiger charge is 2.02. The standard InChI is InChI=1S/C15H25NO/c1-13(2)16-14(3)12-17-11-7-10-15-8-5-4-6-9-15/h4-6,8-9,13-14,16H,7,10-12H2,1-3H3/t14-/m0/s1. The Morgan fingerprint density at radius 3 is 2.47 bits per heavy atom. The van der Waals surface area contributed by atoms with Crippen LogP contribution in [0.5, 0.6) is 0 Å². The van der Waals surface area contributed by atoms with Gasteiger partial charge in [0.15, 0.2) is 0 Å². The zero-order chi connectivity index (χ0) is 12.5. The third-order valence-corrected chi connectivity index (χ3v) is 2.58. The van der Waals surface area contributed by atoms with Crippen LogP contribution < -0.4 is 5.32 Å². The molecule has 2 nitrogen and oxygen atoms in total. The molecule has 0 amide bonds. The summed E-state index contributed by atoms with van der Waals surface area (Å²) in [4.78, 5) is 0. The Hall–Kier alpha value is -0.860. The van der Waals surface area contributed by atoms with E-state index in [1.165, 1.54) is 5.56 Å². The molecule has 0 spiro atoms. The van der Waals surface area contributed by atoms with Gasteiger partial charge in [-0.1, -0.05) is 44.2 Å². The van der Waals surface area contributed by atoms with Gasteiger partial charge in [0.05, 0.1) is 6.61 Å². The van der Waals surface area contributed by atoms with Crippen LogP contribution in [0.15, 0.2) is 30.3 Å². The zero-order valence-electron chi connectivity index (χ0n) is 11.3. The molecule has 0 saturated carbocycles. The third-order valence-electron chi connectivity index (χ3n) is 2.58. The van der Waals surface area contributed by atoms with E-state index in [2.05, 4.69) is 56.4 Å². The molecule has 1 aromatic carbocycles. The van der Waals surface area contributed by atoms with E-state index < -0.39 is 0 Å². The molecule has 1 N–H and O–H groups in total. The monoisotopic (exact) mass is 235 g/mol. The number of aryl methyl sites for hydroxylation is 1. The Labute approximate surface area is 105 Å². The number of benzene rings is 1. The van der Waals surface area contributed by atoms with E-state index in [0.717, 1.165) is 26.1 Å². The maximum atomic E-state index is 5.66. The molecule has 0 aliphatic carbocycles. The van der Waals surface area contributed by atoms with Crippen molar-refractivity contribution in [3.63, 3.8) is 0 Å². The summed E-state index contributed by atoms with van der Waals surface area (Å²) in [6.07, 6.45) is 2.20. The fourth-order valence-corrected chi connectivity index (χ4v) is 1.90. The lowest BCUT2D eigenvalue weighted by Crippen LogP contribution is -2.35. The van der Waals surface area contributed by atoms with Crippen LogP contribution in [0.4, 0.5) is 0 Å². The van der Waals surface area contributed by atoms with Crippen molar-refractivity contribution in [3.8, 4) is 0 Å². The maximum absolute atomic E-state index is 5.66. The normalized spacial score (nSPS) is 12.9. The quantitative estimate of drug-likeness (QED) is 0.699. The minimum Gasteiger partial charge on any atom is -0.380 e. The van der Waals surface area contributed by atoms with Crippen molar-refractivity contribution in [3.05, 3.63) is 35.9 Å². The van der Waals surface area contributed by atoms with Gasteiger partial charge in [0.2, 0.25) is 0 Å². The number of hydrogen-bond acceptors (Lipinski definition) is 2. The smallest absolute Gasteiger partial charge is 0.0616 e. The molecule has 2 heteroatoms. The molecule has 96 valence electrons. The van der Waals surface area contributed by atoms with Gasteiger partial charge in [-0.3, -0.25) is 0 Å². The first-order valence-electron chi connectivity index (χ1n) is 6.56. The highest BCUT2D eigenvalue weighted by atomic mass is 16.5. The molecular formula is C15H25NO. The minimum absolute atomic E-state index is 0.437. The SMILES string of the molecule is CC(C)N[C@@H](C)COCCCc1ccccc1. The molecule has 0 heterocycles. The van der Waals surface area contributed by atoms with Crippen LogP contribution in [-0.4, -0.2) is 25.3 Å². The first kappa shape index (κ1) is 14.2. The predicted octanol–water partition coefficient (Wildman–Crippen LogP) is 3.02. The number of rotatable bonds is 8. The predicted molar refractivity (Wildman–Crippen MR) is 73.3 cm³/mol. The molecule has 0 radical (unpaired) electrons. The Kier molecular flexibility index (Phi) is 6.90. The van der Waals surface area contributed by atoms with Crippen molar-refractivity contribution in [1.82, 2.24) is 5.32 Å². The van der Waals surface area contributed by atoms with E-state index in [-0.39, 0.29) is 0 Å². The molecular weight excluding hydrogens is 210 g/mol. The van der Waals surface area contributed by atoms with E-state index in [9.17, 15) is 0 Å². The zero-order valence-corrected chi connectivity index (χ0v) is 11.3. The average Bonchev–Trinajstić information content (AvgIpc) is 2.29. The second kappa shape index (κ2) is 8.26. The lowest BCUT2D eigenvalue weighted by molar-refractivity contribution is 0.111. The Morgan fingerprint density at radius 1 is 1.12 bits per heavy atom. The van der Waals surface area contributed by atoms with Crippen molar-refractivity contribution in [2.75, 3.05) is 13.2 Å². The Bertz CT molecular complexity index is 284. The fraction of sp³-hybridized carbons (Fsp3) is 0.600. The molecule has 0 fully saturated rings. The molecule has 1 atom stereocenters. The summed E-state index contributed by atoms with van der Waals surface area (Å²) in [6.45, 7) is 8.13.